The molecule has 0 amide bonds. The summed E-state index contributed by atoms with van der Waals surface area (Å²) in [7, 11) is 0. The molecule has 0 aliphatic carbocycles. The summed E-state index contributed by atoms with van der Waals surface area (Å²) in [6, 6.07) is 14.4. The van der Waals surface area contributed by atoms with E-state index in [2.05, 4.69) is 24.3 Å². The van der Waals surface area contributed by atoms with Gasteiger partial charge >= 0.3 is 0 Å². The maximum atomic E-state index is 9.11. The van der Waals surface area contributed by atoms with Crippen LogP contribution in [0.5, 0.6) is 0 Å². The largest absolute Gasteiger partial charge is 0.381 e. The van der Waals surface area contributed by atoms with Gasteiger partial charge in [0.05, 0.1) is 18.7 Å². The molecule has 1 aromatic carbocycles. The lowest BCUT2D eigenvalue weighted by molar-refractivity contribution is 0.118. The molecule has 0 heterocycles. The van der Waals surface area contributed by atoms with Gasteiger partial charge in [-0.25, -0.2) is 0 Å². The first-order chi connectivity index (χ1) is 9.26. The average Bonchev–Trinajstić information content (AvgIpc) is 2.47. The molecule has 0 unspecified atom stereocenters. The molecular weight excluding hydrogens is 236 g/mol. The molecule has 0 saturated carbocycles. The van der Waals surface area contributed by atoms with E-state index in [-0.39, 0.29) is 0 Å². The fourth-order valence-electron chi connectivity index (χ4n) is 1.98. The topological polar surface area (TPSA) is 56.8 Å². The van der Waals surface area contributed by atoms with Crippen molar-refractivity contribution in [2.45, 2.75) is 32.6 Å². The Morgan fingerprint density at radius 1 is 1.05 bits per heavy atom. The zero-order valence-electron chi connectivity index (χ0n) is 11.4. The first-order valence-electron chi connectivity index (χ1n) is 6.70. The second kappa shape index (κ2) is 8.29. The quantitative estimate of drug-likeness (QED) is 0.669. The van der Waals surface area contributed by atoms with Gasteiger partial charge in [-0.3, -0.25) is 0 Å². The summed E-state index contributed by atoms with van der Waals surface area (Å²) in [5.41, 5.74) is 0.365. The highest BCUT2D eigenvalue weighted by Crippen LogP contribution is 2.26. The fraction of sp³-hybridized carbons (Fsp3) is 0.500. The first kappa shape index (κ1) is 15.2. The van der Waals surface area contributed by atoms with Crippen LogP contribution in [0.25, 0.3) is 0 Å². The fourth-order valence-corrected chi connectivity index (χ4v) is 1.98. The third-order valence-corrected chi connectivity index (χ3v) is 3.16. The van der Waals surface area contributed by atoms with Crippen LogP contribution in [0.15, 0.2) is 30.3 Å². The lowest BCUT2D eigenvalue weighted by atomic mass is 9.84. The van der Waals surface area contributed by atoms with E-state index in [1.54, 1.807) is 0 Å². The Kier molecular flexibility index (Phi) is 6.64. The molecular formula is C16H20N2O. The van der Waals surface area contributed by atoms with E-state index >= 15 is 0 Å². The van der Waals surface area contributed by atoms with Crippen molar-refractivity contribution in [2.24, 2.45) is 5.41 Å². The van der Waals surface area contributed by atoms with E-state index in [1.807, 2.05) is 25.1 Å². The van der Waals surface area contributed by atoms with Crippen LogP contribution in [-0.4, -0.2) is 13.2 Å². The number of rotatable bonds is 8. The minimum Gasteiger partial charge on any atom is -0.381 e. The molecule has 0 bridgehead atoms. The van der Waals surface area contributed by atoms with E-state index in [9.17, 15) is 0 Å². The zero-order chi connectivity index (χ0) is 14.0. The number of ether oxygens (including phenoxy) is 1. The highest BCUT2D eigenvalue weighted by Gasteiger charge is 2.28. The molecule has 0 fully saturated rings. The zero-order valence-corrected chi connectivity index (χ0v) is 11.4. The molecule has 3 nitrogen and oxygen atoms in total. The summed E-state index contributed by atoms with van der Waals surface area (Å²) >= 11 is 0. The molecule has 0 aliphatic heterocycles. The Bertz CT molecular complexity index is 428. The van der Waals surface area contributed by atoms with Crippen molar-refractivity contribution < 1.29 is 4.74 Å². The molecule has 0 aromatic heterocycles. The Morgan fingerprint density at radius 2 is 1.74 bits per heavy atom. The van der Waals surface area contributed by atoms with Crippen LogP contribution in [0.4, 0.5) is 0 Å². The molecule has 0 spiro atoms. The minimum absolute atomic E-state index is 0.466. The standard InChI is InChI=1S/C16H20N2O/c1-2-9-16(13-17,14-18)10-12-19-11-8-15-6-4-3-5-7-15/h3-7H,2,8-12H2,1H3. The molecule has 0 radical (unpaired) electrons. The van der Waals surface area contributed by atoms with E-state index in [0.29, 0.717) is 26.1 Å². The molecule has 1 aromatic rings. The van der Waals surface area contributed by atoms with Crippen molar-refractivity contribution >= 4 is 0 Å². The lowest BCUT2D eigenvalue weighted by Gasteiger charge is -2.17. The normalized spacial score (nSPS) is 10.7. The van der Waals surface area contributed by atoms with Crippen LogP contribution < -0.4 is 0 Å². The molecule has 0 N–H and O–H groups in total. The van der Waals surface area contributed by atoms with Crippen LogP contribution in [0.2, 0.25) is 0 Å². The highest BCUT2D eigenvalue weighted by atomic mass is 16.5. The molecule has 0 atom stereocenters. The molecule has 0 aliphatic rings. The first-order valence-corrected chi connectivity index (χ1v) is 6.70. The molecule has 0 saturated heterocycles. The van der Waals surface area contributed by atoms with Gasteiger partial charge in [-0.2, -0.15) is 10.5 Å². The maximum absolute atomic E-state index is 9.11. The van der Waals surface area contributed by atoms with Crippen molar-refractivity contribution in [1.29, 1.82) is 10.5 Å². The predicted octanol–water partition coefficient (Wildman–Crippen LogP) is 3.47. The van der Waals surface area contributed by atoms with Gasteiger partial charge < -0.3 is 4.74 Å². The SMILES string of the molecule is CCCC(C#N)(C#N)CCOCCc1ccccc1. The van der Waals surface area contributed by atoms with Crippen molar-refractivity contribution in [3.8, 4) is 12.1 Å². The highest BCUT2D eigenvalue weighted by molar-refractivity contribution is 5.15. The van der Waals surface area contributed by atoms with Crippen LogP contribution in [-0.2, 0) is 11.2 Å². The molecule has 1 rings (SSSR count). The van der Waals surface area contributed by atoms with Gasteiger partial charge in [0.15, 0.2) is 0 Å². The smallest absolute Gasteiger partial charge is 0.146 e. The van der Waals surface area contributed by atoms with E-state index in [1.165, 1.54) is 5.56 Å². The third-order valence-electron chi connectivity index (χ3n) is 3.16. The van der Waals surface area contributed by atoms with Gasteiger partial charge in [-0.05, 0) is 18.4 Å². The summed E-state index contributed by atoms with van der Waals surface area (Å²) < 4.78 is 5.54. The maximum Gasteiger partial charge on any atom is 0.146 e. The summed E-state index contributed by atoms with van der Waals surface area (Å²) in [6.07, 6.45) is 2.80. The summed E-state index contributed by atoms with van der Waals surface area (Å²) in [6.45, 7) is 3.08. The predicted molar refractivity (Wildman–Crippen MR) is 74.1 cm³/mol. The van der Waals surface area contributed by atoms with Crippen LogP contribution in [0, 0.1) is 28.1 Å². The van der Waals surface area contributed by atoms with Gasteiger partial charge in [0, 0.05) is 13.0 Å². The monoisotopic (exact) mass is 256 g/mol. The Balaban J connectivity index is 2.27. The van der Waals surface area contributed by atoms with Gasteiger partial charge in [0.25, 0.3) is 0 Å². The number of nitriles is 2. The number of hydrogen-bond donors (Lipinski definition) is 0. The van der Waals surface area contributed by atoms with Gasteiger partial charge in [0.1, 0.15) is 5.41 Å². The molecule has 100 valence electrons. The van der Waals surface area contributed by atoms with E-state index in [4.69, 9.17) is 15.3 Å². The number of hydrogen-bond acceptors (Lipinski definition) is 3. The van der Waals surface area contributed by atoms with E-state index in [0.717, 1.165) is 12.8 Å². The summed E-state index contributed by atoms with van der Waals surface area (Å²) in [5, 5.41) is 18.2. The number of benzene rings is 1. The third kappa shape index (κ3) is 5.12. The Labute approximate surface area is 115 Å². The van der Waals surface area contributed by atoms with Gasteiger partial charge in [0.2, 0.25) is 0 Å². The second-order valence-electron chi connectivity index (χ2n) is 4.65. The average molecular weight is 256 g/mol. The van der Waals surface area contributed by atoms with Crippen molar-refractivity contribution in [3.63, 3.8) is 0 Å². The Morgan fingerprint density at radius 3 is 2.32 bits per heavy atom. The minimum atomic E-state index is -0.874. The van der Waals surface area contributed by atoms with Crippen molar-refractivity contribution in [2.75, 3.05) is 13.2 Å². The molecule has 19 heavy (non-hydrogen) atoms. The van der Waals surface area contributed by atoms with Crippen molar-refractivity contribution in [1.82, 2.24) is 0 Å². The van der Waals surface area contributed by atoms with Crippen LogP contribution >= 0.6 is 0 Å². The van der Waals surface area contributed by atoms with E-state index < -0.39 is 5.41 Å². The van der Waals surface area contributed by atoms with Crippen LogP contribution in [0.3, 0.4) is 0 Å². The summed E-state index contributed by atoms with van der Waals surface area (Å²) in [4.78, 5) is 0. The summed E-state index contributed by atoms with van der Waals surface area (Å²) in [5.74, 6) is 0. The van der Waals surface area contributed by atoms with Crippen molar-refractivity contribution in [3.05, 3.63) is 35.9 Å². The Hall–Kier alpha value is -1.84. The number of nitrogens with zero attached hydrogens (tertiary/aromatic N) is 2. The van der Waals surface area contributed by atoms with Crippen LogP contribution in [0.1, 0.15) is 31.7 Å². The van der Waals surface area contributed by atoms with Gasteiger partial charge in [-0.15, -0.1) is 0 Å². The van der Waals surface area contributed by atoms with Gasteiger partial charge in [-0.1, -0.05) is 43.7 Å². The lowest BCUT2D eigenvalue weighted by Crippen LogP contribution is -2.19. The second-order valence-corrected chi connectivity index (χ2v) is 4.65. The molecule has 3 heteroatoms.